The number of phenols is 1. The fourth-order valence-electron chi connectivity index (χ4n) is 4.75. The van der Waals surface area contributed by atoms with Crippen LogP contribution in [0.15, 0.2) is 113 Å². The van der Waals surface area contributed by atoms with Crippen molar-refractivity contribution in [2.24, 2.45) is 4.99 Å². The molecular weight excluding hydrogens is 460 g/mol. The molecule has 3 aliphatic heterocycles. The number of ether oxygens (including phenoxy) is 1. The minimum Gasteiger partial charge on any atom is -0.508 e. The van der Waals surface area contributed by atoms with Gasteiger partial charge < -0.3 is 25.0 Å². The molecule has 2 N–H and O–H groups in total. The first-order valence-electron chi connectivity index (χ1n) is 12.5. The van der Waals surface area contributed by atoms with Crippen molar-refractivity contribution in [1.29, 1.82) is 0 Å². The predicted molar refractivity (Wildman–Crippen MR) is 148 cm³/mol. The van der Waals surface area contributed by atoms with Gasteiger partial charge in [-0.1, -0.05) is 60.7 Å². The molecule has 3 aliphatic rings. The van der Waals surface area contributed by atoms with Gasteiger partial charge in [0, 0.05) is 38.8 Å². The number of allylic oxidation sites excluding steroid dienone is 2. The Morgan fingerprint density at radius 2 is 1.65 bits per heavy atom. The molecule has 6 heteroatoms. The van der Waals surface area contributed by atoms with Crippen LogP contribution in [0.4, 0.5) is 5.69 Å². The fourth-order valence-corrected chi connectivity index (χ4v) is 4.75. The number of fused-ring (bicyclic) bond motifs is 3. The maximum absolute atomic E-state index is 9.64. The second-order valence-electron chi connectivity index (χ2n) is 9.79. The number of rotatable bonds is 7. The van der Waals surface area contributed by atoms with Crippen LogP contribution in [0.3, 0.4) is 0 Å². The van der Waals surface area contributed by atoms with Crippen molar-refractivity contribution in [1.82, 2.24) is 10.2 Å². The lowest BCUT2D eigenvalue weighted by atomic mass is 10.0. The number of benzene rings is 3. The molecule has 6 nitrogen and oxygen atoms in total. The Morgan fingerprint density at radius 3 is 2.38 bits per heavy atom. The highest BCUT2D eigenvalue weighted by Crippen LogP contribution is 2.40. The van der Waals surface area contributed by atoms with Gasteiger partial charge in [0.2, 0.25) is 0 Å². The van der Waals surface area contributed by atoms with Gasteiger partial charge in [-0.2, -0.15) is 0 Å². The summed E-state index contributed by atoms with van der Waals surface area (Å²) in [6.45, 7) is 0. The van der Waals surface area contributed by atoms with E-state index in [-0.39, 0.29) is 18.1 Å². The van der Waals surface area contributed by atoms with E-state index in [4.69, 9.17) is 9.73 Å². The zero-order chi connectivity index (χ0) is 25.4. The van der Waals surface area contributed by atoms with E-state index in [0.717, 1.165) is 40.5 Å². The molecule has 3 aromatic carbocycles. The third-order valence-electron chi connectivity index (χ3n) is 6.82. The summed E-state index contributed by atoms with van der Waals surface area (Å²) in [6, 6.07) is 26.3. The number of aromatic hydroxyl groups is 1. The first-order valence-corrected chi connectivity index (χ1v) is 12.5. The molecule has 2 unspecified atom stereocenters. The summed E-state index contributed by atoms with van der Waals surface area (Å²) < 4.78 is 6.11. The smallest absolute Gasteiger partial charge is 0.168 e. The third-order valence-corrected chi connectivity index (χ3v) is 6.82. The number of anilines is 1. The van der Waals surface area contributed by atoms with E-state index >= 15 is 0 Å². The van der Waals surface area contributed by atoms with E-state index in [1.165, 1.54) is 11.3 Å². The van der Waals surface area contributed by atoms with Crippen molar-refractivity contribution >= 4 is 17.5 Å². The van der Waals surface area contributed by atoms with E-state index in [0.29, 0.717) is 6.42 Å². The molecule has 0 amide bonds. The summed E-state index contributed by atoms with van der Waals surface area (Å²) in [5.74, 6) is 1.17. The highest BCUT2D eigenvalue weighted by molar-refractivity contribution is 5.94. The van der Waals surface area contributed by atoms with Crippen LogP contribution in [0.1, 0.15) is 16.7 Å². The van der Waals surface area contributed by atoms with Crippen LogP contribution < -0.4 is 10.2 Å². The lowest BCUT2D eigenvalue weighted by molar-refractivity contribution is 0.268. The summed E-state index contributed by atoms with van der Waals surface area (Å²) in [7, 11) is 4.09. The number of hydrogen-bond acceptors (Lipinski definition) is 6. The quantitative estimate of drug-likeness (QED) is 0.454. The third kappa shape index (κ3) is 5.01. The molecule has 0 aromatic heterocycles. The normalized spacial score (nSPS) is 20.1. The van der Waals surface area contributed by atoms with Crippen molar-refractivity contribution in [3.63, 3.8) is 0 Å². The second-order valence-corrected chi connectivity index (χ2v) is 9.79. The highest BCUT2D eigenvalue weighted by Gasteiger charge is 2.51. The summed E-state index contributed by atoms with van der Waals surface area (Å²) in [5.41, 5.74) is 7.70. The van der Waals surface area contributed by atoms with Gasteiger partial charge in [-0.3, -0.25) is 0 Å². The molecular formula is C31H30N4O2. The molecule has 0 aliphatic carbocycles. The number of nitrogens with one attached hydrogen (secondary N) is 1. The highest BCUT2D eigenvalue weighted by atomic mass is 16.6. The van der Waals surface area contributed by atoms with Gasteiger partial charge in [0.1, 0.15) is 11.9 Å². The van der Waals surface area contributed by atoms with Gasteiger partial charge >= 0.3 is 0 Å². The van der Waals surface area contributed by atoms with Gasteiger partial charge in [-0.25, -0.2) is 4.99 Å². The summed E-state index contributed by atoms with van der Waals surface area (Å²) in [5, 5.41) is 13.3. The van der Waals surface area contributed by atoms with Gasteiger partial charge in [-0.05, 0) is 47.0 Å². The van der Waals surface area contributed by atoms with Crippen LogP contribution in [-0.4, -0.2) is 42.1 Å². The molecule has 0 spiro atoms. The summed E-state index contributed by atoms with van der Waals surface area (Å²) >= 11 is 0. The standard InChI is InChI=1S/C31H30N4O2/c1-34(2)25-14-9-21(10-15-25)8-13-24-20-35-30(28(32-24)19-22-6-4-3-5-7-22)33-27(29-31(35)37-29)18-23-11-16-26(36)17-12-23/h3-17,20,29,31-32,36H,18-19H2,1-2H3/b13-8+. The van der Waals surface area contributed by atoms with Crippen molar-refractivity contribution in [3.05, 3.63) is 125 Å². The van der Waals surface area contributed by atoms with Crippen LogP contribution in [0, 0.1) is 0 Å². The molecule has 3 aromatic rings. The lowest BCUT2D eigenvalue weighted by Gasteiger charge is -2.31. The first kappa shape index (κ1) is 23.1. The van der Waals surface area contributed by atoms with E-state index in [2.05, 4.69) is 82.0 Å². The van der Waals surface area contributed by atoms with Crippen LogP contribution >= 0.6 is 0 Å². The fraction of sp³-hybridized carbons (Fsp3) is 0.194. The van der Waals surface area contributed by atoms with Crippen molar-refractivity contribution in [3.8, 4) is 5.75 Å². The zero-order valence-electron chi connectivity index (χ0n) is 21.0. The number of nitrogens with zero attached hydrogens (tertiary/aromatic N) is 3. The number of hydrogen-bond donors (Lipinski definition) is 2. The van der Waals surface area contributed by atoms with Crippen LogP contribution in [0.5, 0.6) is 5.75 Å². The van der Waals surface area contributed by atoms with Gasteiger partial charge in [-0.15, -0.1) is 0 Å². The molecule has 37 heavy (non-hydrogen) atoms. The SMILES string of the molecule is CN(C)c1ccc(/C=C/C2=CN3C(=C(Cc4ccccc4)N2)N=C(Cc2ccc(O)cc2)C2OC23)cc1. The minimum atomic E-state index is -0.0461. The van der Waals surface area contributed by atoms with Gasteiger partial charge in [0.15, 0.2) is 12.0 Å². The van der Waals surface area contributed by atoms with Crippen LogP contribution in [0.2, 0.25) is 0 Å². The molecule has 0 bridgehead atoms. The Hall–Kier alpha value is -4.29. The second kappa shape index (κ2) is 9.64. The van der Waals surface area contributed by atoms with Crippen LogP contribution in [-0.2, 0) is 17.6 Å². The molecule has 1 fully saturated rings. The Labute approximate surface area is 217 Å². The molecule has 1 saturated heterocycles. The van der Waals surface area contributed by atoms with Crippen LogP contribution in [0.25, 0.3) is 6.08 Å². The van der Waals surface area contributed by atoms with E-state index in [9.17, 15) is 5.11 Å². The Balaban J connectivity index is 1.29. The molecule has 186 valence electrons. The topological polar surface area (TPSA) is 63.6 Å². The predicted octanol–water partition coefficient (Wildman–Crippen LogP) is 5.05. The van der Waals surface area contributed by atoms with E-state index in [1.54, 1.807) is 12.1 Å². The van der Waals surface area contributed by atoms with E-state index in [1.807, 2.05) is 32.3 Å². The van der Waals surface area contributed by atoms with Gasteiger partial charge in [0.25, 0.3) is 0 Å². The lowest BCUT2D eigenvalue weighted by Crippen LogP contribution is -2.37. The molecule has 0 radical (unpaired) electrons. The van der Waals surface area contributed by atoms with Crippen molar-refractivity contribution < 1.29 is 9.84 Å². The summed E-state index contributed by atoms with van der Waals surface area (Å²) in [6.07, 6.45) is 7.70. The Bertz CT molecular complexity index is 1400. The van der Waals surface area contributed by atoms with E-state index < -0.39 is 0 Å². The van der Waals surface area contributed by atoms with Crippen molar-refractivity contribution in [2.45, 2.75) is 25.2 Å². The maximum Gasteiger partial charge on any atom is 0.168 e. The monoisotopic (exact) mass is 490 g/mol. The largest absolute Gasteiger partial charge is 0.508 e. The molecule has 0 saturated carbocycles. The Kier molecular flexibility index (Phi) is 6.02. The number of phenolic OH excluding ortho intramolecular Hbond substituents is 1. The average Bonchev–Trinajstić information content (AvgIpc) is 3.72. The maximum atomic E-state index is 9.64. The molecule has 3 heterocycles. The zero-order valence-corrected chi connectivity index (χ0v) is 21.0. The average molecular weight is 491 g/mol. The van der Waals surface area contributed by atoms with Crippen molar-refractivity contribution in [2.75, 3.05) is 19.0 Å². The Morgan fingerprint density at radius 1 is 0.919 bits per heavy atom. The first-order chi connectivity index (χ1) is 18.0. The minimum absolute atomic E-state index is 0.0197. The summed E-state index contributed by atoms with van der Waals surface area (Å²) in [4.78, 5) is 9.36. The molecule has 2 atom stereocenters. The number of epoxide rings is 1. The number of aliphatic imine (C=N–C) groups is 1. The molecule has 6 rings (SSSR count). The van der Waals surface area contributed by atoms with Gasteiger partial charge in [0.05, 0.1) is 17.1 Å².